The van der Waals surface area contributed by atoms with Crippen LogP contribution in [0.2, 0.25) is 0 Å². The molecule has 0 aromatic rings. The van der Waals surface area contributed by atoms with Crippen molar-refractivity contribution in [3.63, 3.8) is 0 Å². The van der Waals surface area contributed by atoms with Crippen LogP contribution in [-0.4, -0.2) is 0 Å². The minimum absolute atomic E-state index is 0.674. The quantitative estimate of drug-likeness (QED) is 0.200. The smallest absolute Gasteiger partial charge is 0.0231 e. The fraction of sp³-hybridized carbons (Fsp3) is 0.742. The molecule has 184 valence electrons. The molecule has 0 fully saturated rings. The molecule has 31 heavy (non-hydrogen) atoms. The first-order valence-corrected chi connectivity index (χ1v) is 13.1. The van der Waals surface area contributed by atoms with Gasteiger partial charge in [0.05, 0.1) is 0 Å². The van der Waals surface area contributed by atoms with E-state index in [4.69, 9.17) is 0 Å². The molecule has 0 aliphatic rings. The van der Waals surface area contributed by atoms with E-state index in [0.29, 0.717) is 23.7 Å². The lowest BCUT2D eigenvalue weighted by Crippen LogP contribution is -2.08. The van der Waals surface area contributed by atoms with E-state index in [9.17, 15) is 0 Å². The summed E-state index contributed by atoms with van der Waals surface area (Å²) >= 11 is 0. The second kappa shape index (κ2) is 22.2. The van der Waals surface area contributed by atoms with Crippen LogP contribution in [0.3, 0.4) is 0 Å². The Morgan fingerprint density at radius 3 is 1.48 bits per heavy atom. The molecule has 5 atom stereocenters. The number of rotatable bonds is 13. The van der Waals surface area contributed by atoms with Crippen LogP contribution in [0.15, 0.2) is 48.6 Å². The highest BCUT2D eigenvalue weighted by Gasteiger charge is 2.13. The number of hydrogen-bond donors (Lipinski definition) is 0. The van der Waals surface area contributed by atoms with Gasteiger partial charge in [-0.3, -0.25) is 0 Å². The minimum atomic E-state index is 0.674. The first-order valence-electron chi connectivity index (χ1n) is 13.1. The zero-order chi connectivity index (χ0) is 25.0. The van der Waals surface area contributed by atoms with E-state index in [1.165, 1.54) is 43.3 Å². The van der Waals surface area contributed by atoms with Gasteiger partial charge in [-0.25, -0.2) is 0 Å². The maximum absolute atomic E-state index is 3.00. The second-order valence-electron chi connectivity index (χ2n) is 9.78. The molecule has 0 heterocycles. The Bertz CT molecular complexity index is 476. The van der Waals surface area contributed by atoms with Gasteiger partial charge < -0.3 is 0 Å². The number of allylic oxidation sites excluding steroid dienone is 6. The summed E-state index contributed by atoms with van der Waals surface area (Å²) in [5.41, 5.74) is 3.06. The summed E-state index contributed by atoms with van der Waals surface area (Å²) in [5.74, 6) is 4.33. The Morgan fingerprint density at radius 1 is 0.677 bits per heavy atom. The lowest BCUT2D eigenvalue weighted by atomic mass is 9.86. The molecule has 0 saturated carbocycles. The maximum Gasteiger partial charge on any atom is -0.0231 e. The standard InChI is InChI=1S/C27H50.C2H6.C2H4/c1-11-21(4)13-15-23(6)25(8)17-19-27(10)26(9)18-16-24(7)22(5)14-12-20(2)3;2*1-2/h13,15-16,18,20-23,25,27H,11-12,14,17,19H2,1-10H3;1-2H3;1-2H2/b15-13-,24-16+,26-18+;;. The van der Waals surface area contributed by atoms with Gasteiger partial charge >= 0.3 is 0 Å². The molecule has 0 saturated heterocycles. The molecule has 0 amide bonds. The second-order valence-corrected chi connectivity index (χ2v) is 9.78. The Balaban J connectivity index is -0.00000184. The van der Waals surface area contributed by atoms with Crippen LogP contribution in [0.1, 0.15) is 115 Å². The van der Waals surface area contributed by atoms with Crippen LogP contribution in [0, 0.1) is 35.5 Å². The van der Waals surface area contributed by atoms with Crippen molar-refractivity contribution in [2.24, 2.45) is 35.5 Å². The SMILES string of the molecule is C=C.CC.CCC(C)/C=C\C(C)C(C)CCC(C)/C(C)=C/C=C(\C)C(C)CCC(C)C. The van der Waals surface area contributed by atoms with Crippen LogP contribution in [0.25, 0.3) is 0 Å². The van der Waals surface area contributed by atoms with Crippen molar-refractivity contribution in [3.05, 3.63) is 48.6 Å². The highest BCUT2D eigenvalue weighted by atomic mass is 14.2. The summed E-state index contributed by atoms with van der Waals surface area (Å²) < 4.78 is 0. The molecule has 0 nitrogen and oxygen atoms in total. The minimum Gasteiger partial charge on any atom is -0.106 e. The molecule has 0 bridgehead atoms. The van der Waals surface area contributed by atoms with Gasteiger partial charge in [-0.2, -0.15) is 0 Å². The summed E-state index contributed by atoms with van der Waals surface area (Å²) in [6.45, 7) is 33.4. The highest BCUT2D eigenvalue weighted by Crippen LogP contribution is 2.25. The van der Waals surface area contributed by atoms with E-state index in [2.05, 4.69) is 107 Å². The topological polar surface area (TPSA) is 0 Å². The molecule has 0 heteroatoms. The molecule has 0 aromatic heterocycles. The average Bonchev–Trinajstić information content (AvgIpc) is 2.79. The van der Waals surface area contributed by atoms with Crippen LogP contribution in [0.4, 0.5) is 0 Å². The van der Waals surface area contributed by atoms with Gasteiger partial charge in [0, 0.05) is 0 Å². The Morgan fingerprint density at radius 2 is 1.10 bits per heavy atom. The van der Waals surface area contributed by atoms with Gasteiger partial charge in [0.15, 0.2) is 0 Å². The Kier molecular flexibility index (Phi) is 24.7. The van der Waals surface area contributed by atoms with Gasteiger partial charge in [-0.05, 0) is 68.6 Å². The first kappa shape index (κ1) is 34.6. The maximum atomic E-state index is 3.00. The fourth-order valence-corrected chi connectivity index (χ4v) is 3.10. The van der Waals surface area contributed by atoms with Crippen molar-refractivity contribution in [3.8, 4) is 0 Å². The summed E-state index contributed by atoms with van der Waals surface area (Å²) in [6.07, 6.45) is 16.1. The van der Waals surface area contributed by atoms with E-state index in [-0.39, 0.29) is 0 Å². The van der Waals surface area contributed by atoms with Crippen molar-refractivity contribution in [2.75, 3.05) is 0 Å². The normalized spacial score (nSPS) is 17.2. The highest BCUT2D eigenvalue weighted by molar-refractivity contribution is 5.18. The third-order valence-corrected chi connectivity index (χ3v) is 6.68. The monoisotopic (exact) mass is 432 g/mol. The van der Waals surface area contributed by atoms with Crippen molar-refractivity contribution in [2.45, 2.75) is 115 Å². The Labute approximate surface area is 199 Å². The van der Waals surface area contributed by atoms with Crippen LogP contribution in [-0.2, 0) is 0 Å². The molecule has 0 rings (SSSR count). The third kappa shape index (κ3) is 19.4. The van der Waals surface area contributed by atoms with Crippen molar-refractivity contribution in [1.29, 1.82) is 0 Å². The molecule has 0 spiro atoms. The van der Waals surface area contributed by atoms with Gasteiger partial charge in [0.1, 0.15) is 0 Å². The van der Waals surface area contributed by atoms with Crippen LogP contribution < -0.4 is 0 Å². The van der Waals surface area contributed by atoms with Crippen LogP contribution >= 0.6 is 0 Å². The van der Waals surface area contributed by atoms with Crippen LogP contribution in [0.5, 0.6) is 0 Å². The first-order chi connectivity index (χ1) is 14.6. The molecular formula is C31H60. The van der Waals surface area contributed by atoms with Crippen molar-refractivity contribution >= 4 is 0 Å². The Hall–Kier alpha value is -1.04. The third-order valence-electron chi connectivity index (χ3n) is 6.68. The zero-order valence-electron chi connectivity index (χ0n) is 23.7. The molecule has 0 aromatic carbocycles. The van der Waals surface area contributed by atoms with Gasteiger partial charge in [-0.1, -0.05) is 118 Å². The largest absolute Gasteiger partial charge is 0.106 e. The lowest BCUT2D eigenvalue weighted by Gasteiger charge is -2.20. The predicted octanol–water partition coefficient (Wildman–Crippen LogP) is 11.1. The van der Waals surface area contributed by atoms with Crippen molar-refractivity contribution < 1.29 is 0 Å². The van der Waals surface area contributed by atoms with Gasteiger partial charge in [0.25, 0.3) is 0 Å². The van der Waals surface area contributed by atoms with E-state index in [1.807, 2.05) is 13.8 Å². The lowest BCUT2D eigenvalue weighted by molar-refractivity contribution is 0.389. The molecule has 0 aliphatic carbocycles. The van der Waals surface area contributed by atoms with E-state index in [0.717, 1.165) is 11.8 Å². The molecule has 0 N–H and O–H groups in total. The van der Waals surface area contributed by atoms with E-state index in [1.54, 1.807) is 0 Å². The van der Waals surface area contributed by atoms with Gasteiger partial charge in [-0.15, -0.1) is 13.2 Å². The van der Waals surface area contributed by atoms with Gasteiger partial charge in [0.2, 0.25) is 0 Å². The number of hydrogen-bond acceptors (Lipinski definition) is 0. The molecule has 0 radical (unpaired) electrons. The molecular weight excluding hydrogens is 372 g/mol. The molecule has 5 unspecified atom stereocenters. The summed E-state index contributed by atoms with van der Waals surface area (Å²) in [7, 11) is 0. The average molecular weight is 433 g/mol. The van der Waals surface area contributed by atoms with Crippen molar-refractivity contribution in [1.82, 2.24) is 0 Å². The summed E-state index contributed by atoms with van der Waals surface area (Å²) in [6, 6.07) is 0. The van der Waals surface area contributed by atoms with E-state index < -0.39 is 0 Å². The zero-order valence-corrected chi connectivity index (χ0v) is 23.7. The summed E-state index contributed by atoms with van der Waals surface area (Å²) in [5, 5.41) is 0. The predicted molar refractivity (Wildman–Crippen MR) is 149 cm³/mol. The molecule has 0 aliphatic heterocycles. The summed E-state index contributed by atoms with van der Waals surface area (Å²) in [4.78, 5) is 0. The van der Waals surface area contributed by atoms with E-state index >= 15 is 0 Å². The fourth-order valence-electron chi connectivity index (χ4n) is 3.10.